The molecule has 0 aliphatic heterocycles. The molecule has 29 heavy (non-hydrogen) atoms. The van der Waals surface area contributed by atoms with Crippen molar-refractivity contribution in [1.82, 2.24) is 14.7 Å². The molecule has 6 nitrogen and oxygen atoms in total. The SMILES string of the molecule is O=C(NC1CCCCCC1)c1nc(C(=O)Nc2ccccc2F)n2ccccc12. The Hall–Kier alpha value is -3.22. The lowest BCUT2D eigenvalue weighted by Crippen LogP contribution is -2.34. The second-order valence-corrected chi connectivity index (χ2v) is 7.34. The molecule has 2 N–H and O–H groups in total. The third kappa shape index (κ3) is 4.13. The van der Waals surface area contributed by atoms with Crippen molar-refractivity contribution < 1.29 is 14.0 Å². The van der Waals surface area contributed by atoms with Crippen LogP contribution in [0.15, 0.2) is 48.7 Å². The molecular formula is C22H23FN4O2. The molecule has 1 fully saturated rings. The Balaban J connectivity index is 1.61. The number of para-hydroxylation sites is 1. The van der Waals surface area contributed by atoms with E-state index in [0.29, 0.717) is 5.52 Å². The number of halogens is 1. The number of hydrogen-bond donors (Lipinski definition) is 2. The van der Waals surface area contributed by atoms with Crippen LogP contribution in [-0.2, 0) is 0 Å². The van der Waals surface area contributed by atoms with Crippen LogP contribution in [0.1, 0.15) is 59.6 Å². The topological polar surface area (TPSA) is 75.5 Å². The molecule has 1 aromatic carbocycles. The minimum absolute atomic E-state index is 0.0369. The van der Waals surface area contributed by atoms with Crippen LogP contribution in [-0.4, -0.2) is 27.2 Å². The number of nitrogens with zero attached hydrogens (tertiary/aromatic N) is 2. The third-order valence-corrected chi connectivity index (χ3v) is 5.28. The molecule has 0 unspecified atom stereocenters. The van der Waals surface area contributed by atoms with Gasteiger partial charge in [0.25, 0.3) is 11.8 Å². The summed E-state index contributed by atoms with van der Waals surface area (Å²) in [6.45, 7) is 0. The summed E-state index contributed by atoms with van der Waals surface area (Å²) in [7, 11) is 0. The number of carbonyl (C=O) groups excluding carboxylic acids is 2. The number of aromatic nitrogens is 2. The Bertz CT molecular complexity index is 1040. The highest BCUT2D eigenvalue weighted by atomic mass is 19.1. The quantitative estimate of drug-likeness (QED) is 0.652. The Morgan fingerprint density at radius 2 is 1.69 bits per heavy atom. The number of imidazole rings is 1. The lowest BCUT2D eigenvalue weighted by molar-refractivity contribution is 0.0930. The number of rotatable bonds is 4. The third-order valence-electron chi connectivity index (χ3n) is 5.28. The Labute approximate surface area is 168 Å². The molecule has 0 radical (unpaired) electrons. The smallest absolute Gasteiger partial charge is 0.292 e. The fourth-order valence-electron chi connectivity index (χ4n) is 3.78. The second kappa shape index (κ2) is 8.43. The summed E-state index contributed by atoms with van der Waals surface area (Å²) in [6, 6.07) is 11.3. The van der Waals surface area contributed by atoms with Crippen molar-refractivity contribution in [1.29, 1.82) is 0 Å². The number of fused-ring (bicyclic) bond motifs is 1. The molecule has 2 amide bonds. The fourth-order valence-corrected chi connectivity index (χ4v) is 3.78. The molecule has 0 bridgehead atoms. The van der Waals surface area contributed by atoms with Gasteiger partial charge in [-0.05, 0) is 37.1 Å². The predicted octanol–water partition coefficient (Wildman–Crippen LogP) is 4.18. The maximum atomic E-state index is 13.9. The van der Waals surface area contributed by atoms with E-state index >= 15 is 0 Å². The van der Waals surface area contributed by atoms with Crippen LogP contribution in [0.4, 0.5) is 10.1 Å². The first-order valence-corrected chi connectivity index (χ1v) is 9.97. The first-order chi connectivity index (χ1) is 14.1. The van der Waals surface area contributed by atoms with Crippen LogP contribution < -0.4 is 10.6 Å². The summed E-state index contributed by atoms with van der Waals surface area (Å²) in [5.74, 6) is -1.36. The van der Waals surface area contributed by atoms with E-state index in [9.17, 15) is 14.0 Å². The summed E-state index contributed by atoms with van der Waals surface area (Å²) in [5.41, 5.74) is 0.806. The maximum Gasteiger partial charge on any atom is 0.292 e. The van der Waals surface area contributed by atoms with Gasteiger partial charge in [0.05, 0.1) is 11.2 Å². The van der Waals surface area contributed by atoms with E-state index in [0.717, 1.165) is 25.7 Å². The van der Waals surface area contributed by atoms with Gasteiger partial charge in [-0.25, -0.2) is 9.37 Å². The van der Waals surface area contributed by atoms with Gasteiger partial charge in [-0.3, -0.25) is 14.0 Å². The zero-order chi connectivity index (χ0) is 20.2. The van der Waals surface area contributed by atoms with E-state index in [1.54, 1.807) is 40.9 Å². The minimum Gasteiger partial charge on any atom is -0.348 e. The molecule has 150 valence electrons. The van der Waals surface area contributed by atoms with Gasteiger partial charge < -0.3 is 10.6 Å². The van der Waals surface area contributed by atoms with Gasteiger partial charge in [0.1, 0.15) is 5.82 Å². The van der Waals surface area contributed by atoms with Crippen molar-refractivity contribution in [2.45, 2.75) is 44.6 Å². The largest absolute Gasteiger partial charge is 0.348 e. The van der Waals surface area contributed by atoms with Crippen LogP contribution >= 0.6 is 0 Å². The van der Waals surface area contributed by atoms with Crippen molar-refractivity contribution in [3.63, 3.8) is 0 Å². The number of nitrogens with one attached hydrogen (secondary N) is 2. The number of carbonyl (C=O) groups is 2. The average Bonchev–Trinajstić information content (AvgIpc) is 2.93. The van der Waals surface area contributed by atoms with Crippen LogP contribution in [0.3, 0.4) is 0 Å². The highest BCUT2D eigenvalue weighted by Crippen LogP contribution is 2.20. The predicted molar refractivity (Wildman–Crippen MR) is 109 cm³/mol. The van der Waals surface area contributed by atoms with Crippen molar-refractivity contribution in [3.8, 4) is 0 Å². The van der Waals surface area contributed by atoms with E-state index in [2.05, 4.69) is 15.6 Å². The summed E-state index contributed by atoms with van der Waals surface area (Å²) >= 11 is 0. The second-order valence-electron chi connectivity index (χ2n) is 7.34. The highest BCUT2D eigenvalue weighted by Gasteiger charge is 2.24. The lowest BCUT2D eigenvalue weighted by Gasteiger charge is -2.15. The molecular weight excluding hydrogens is 371 g/mol. The fraction of sp³-hybridized carbons (Fsp3) is 0.318. The summed E-state index contributed by atoms with van der Waals surface area (Å²) < 4.78 is 15.5. The van der Waals surface area contributed by atoms with Gasteiger partial charge in [0.2, 0.25) is 5.82 Å². The Kier molecular flexibility index (Phi) is 5.55. The molecule has 0 saturated heterocycles. The first-order valence-electron chi connectivity index (χ1n) is 9.97. The van der Waals surface area contributed by atoms with Crippen molar-refractivity contribution in [2.75, 3.05) is 5.32 Å². The zero-order valence-corrected chi connectivity index (χ0v) is 16.0. The van der Waals surface area contributed by atoms with E-state index in [-0.39, 0.29) is 29.2 Å². The van der Waals surface area contributed by atoms with Gasteiger partial charge in [0.15, 0.2) is 5.69 Å². The molecule has 4 rings (SSSR count). The molecule has 0 atom stereocenters. The highest BCUT2D eigenvalue weighted by molar-refractivity contribution is 6.06. The molecule has 1 saturated carbocycles. The molecule has 2 heterocycles. The number of benzene rings is 1. The van der Waals surface area contributed by atoms with Crippen LogP contribution in [0, 0.1) is 5.82 Å². The van der Waals surface area contributed by atoms with Gasteiger partial charge in [0, 0.05) is 12.2 Å². The molecule has 7 heteroatoms. The van der Waals surface area contributed by atoms with Gasteiger partial charge in [-0.15, -0.1) is 0 Å². The first kappa shape index (κ1) is 19.1. The Morgan fingerprint density at radius 1 is 0.966 bits per heavy atom. The van der Waals surface area contributed by atoms with Gasteiger partial charge in [-0.1, -0.05) is 43.9 Å². The van der Waals surface area contributed by atoms with Crippen LogP contribution in [0.25, 0.3) is 5.52 Å². The van der Waals surface area contributed by atoms with Crippen molar-refractivity contribution >= 4 is 23.0 Å². The zero-order valence-electron chi connectivity index (χ0n) is 16.0. The lowest BCUT2D eigenvalue weighted by atomic mass is 10.1. The van der Waals surface area contributed by atoms with Crippen LogP contribution in [0.5, 0.6) is 0 Å². The van der Waals surface area contributed by atoms with Gasteiger partial charge in [-0.2, -0.15) is 0 Å². The average molecular weight is 394 g/mol. The molecule has 1 aliphatic rings. The van der Waals surface area contributed by atoms with Crippen molar-refractivity contribution in [2.24, 2.45) is 0 Å². The van der Waals surface area contributed by atoms with Crippen molar-refractivity contribution in [3.05, 3.63) is 66.0 Å². The number of anilines is 1. The van der Waals surface area contributed by atoms with Crippen LogP contribution in [0.2, 0.25) is 0 Å². The van der Waals surface area contributed by atoms with E-state index < -0.39 is 11.7 Å². The Morgan fingerprint density at radius 3 is 2.45 bits per heavy atom. The summed E-state index contributed by atoms with van der Waals surface area (Å²) in [4.78, 5) is 30.0. The monoisotopic (exact) mass is 394 g/mol. The van der Waals surface area contributed by atoms with E-state index in [4.69, 9.17) is 0 Å². The molecule has 3 aromatic rings. The summed E-state index contributed by atoms with van der Waals surface area (Å²) in [6.07, 6.45) is 8.17. The van der Waals surface area contributed by atoms with E-state index in [1.165, 1.54) is 25.0 Å². The molecule has 0 spiro atoms. The molecule has 1 aliphatic carbocycles. The van der Waals surface area contributed by atoms with E-state index in [1.807, 2.05) is 0 Å². The summed E-state index contributed by atoms with van der Waals surface area (Å²) in [5, 5.41) is 5.60. The maximum absolute atomic E-state index is 13.9. The molecule has 2 aromatic heterocycles. The van der Waals surface area contributed by atoms with Gasteiger partial charge >= 0.3 is 0 Å². The number of amides is 2. The minimum atomic E-state index is -0.579. The number of hydrogen-bond acceptors (Lipinski definition) is 3. The standard InChI is InChI=1S/C22H23FN4O2/c23-16-11-5-6-12-17(16)25-22(29)20-26-19(18-13-7-8-14-27(18)20)21(28)24-15-9-3-1-2-4-10-15/h5-8,11-15H,1-4,9-10H2,(H,24,28)(H,25,29). The number of pyridine rings is 1. The normalized spacial score (nSPS) is 15.1.